The van der Waals surface area contributed by atoms with Gasteiger partial charge in [0.1, 0.15) is 13.2 Å². The highest BCUT2D eigenvalue weighted by Crippen LogP contribution is 2.18. The van der Waals surface area contributed by atoms with E-state index in [0.29, 0.717) is 19.3 Å². The van der Waals surface area contributed by atoms with Gasteiger partial charge in [-0.25, -0.2) is 0 Å². The lowest BCUT2D eigenvalue weighted by atomic mass is 10.0. The number of hydrogen-bond donors (Lipinski definition) is 0. The standard InChI is InChI=1S/C72H130O6/c1-4-7-10-13-16-19-22-25-27-28-29-30-31-32-33-34-35-36-37-38-39-40-41-42-43-44-45-48-50-53-56-59-62-65-71(74)77-68-69(67-76-70(73)64-61-58-55-52-49-46-24-21-18-15-12-9-6-3)78-72(75)66-63-60-57-54-51-47-26-23-20-17-14-11-8-5-2/h9,12,14,17-18,21,23,26,46,49,69H,4-8,10-11,13,15-16,19-20,22,24-25,27-45,47-48,50-68H2,1-3H3/b12-9-,17-14-,21-18-,26-23-,49-46-. The van der Waals surface area contributed by atoms with Gasteiger partial charge in [0.2, 0.25) is 0 Å². The first kappa shape index (κ1) is 75.1. The first-order chi connectivity index (χ1) is 38.5. The number of esters is 3. The smallest absolute Gasteiger partial charge is 0.306 e. The van der Waals surface area contributed by atoms with Gasteiger partial charge in [-0.3, -0.25) is 14.4 Å². The molecule has 454 valence electrons. The van der Waals surface area contributed by atoms with Crippen LogP contribution in [0.3, 0.4) is 0 Å². The quantitative estimate of drug-likeness (QED) is 0.0261. The van der Waals surface area contributed by atoms with Gasteiger partial charge in [0.15, 0.2) is 6.10 Å². The maximum atomic E-state index is 12.9. The summed E-state index contributed by atoms with van der Waals surface area (Å²) in [4.78, 5) is 38.2. The molecule has 0 aromatic heterocycles. The molecule has 0 saturated carbocycles. The lowest BCUT2D eigenvalue weighted by molar-refractivity contribution is -0.167. The van der Waals surface area contributed by atoms with Gasteiger partial charge in [0.25, 0.3) is 0 Å². The molecule has 0 heterocycles. The number of rotatable bonds is 63. The van der Waals surface area contributed by atoms with Gasteiger partial charge in [-0.1, -0.05) is 326 Å². The van der Waals surface area contributed by atoms with E-state index in [1.54, 1.807) is 0 Å². The summed E-state index contributed by atoms with van der Waals surface area (Å²) in [5.74, 6) is -0.916. The third-order valence-corrected chi connectivity index (χ3v) is 15.3. The Labute approximate surface area is 485 Å². The molecule has 0 aromatic rings. The molecule has 0 radical (unpaired) electrons. The van der Waals surface area contributed by atoms with Crippen LogP contribution in [0.2, 0.25) is 0 Å². The van der Waals surface area contributed by atoms with Crippen molar-refractivity contribution in [3.8, 4) is 0 Å². The summed E-state index contributed by atoms with van der Waals surface area (Å²) in [6.45, 7) is 6.49. The Balaban J connectivity index is 4.08. The molecule has 6 nitrogen and oxygen atoms in total. The number of unbranched alkanes of at least 4 members (excludes halogenated alkanes) is 42. The number of allylic oxidation sites excluding steroid dienone is 10. The molecule has 0 N–H and O–H groups in total. The van der Waals surface area contributed by atoms with Gasteiger partial charge >= 0.3 is 17.9 Å². The molecule has 0 aliphatic carbocycles. The van der Waals surface area contributed by atoms with Crippen molar-refractivity contribution < 1.29 is 28.6 Å². The lowest BCUT2D eigenvalue weighted by Crippen LogP contribution is -2.30. The van der Waals surface area contributed by atoms with Gasteiger partial charge in [0, 0.05) is 19.3 Å². The van der Waals surface area contributed by atoms with Crippen LogP contribution in [-0.2, 0) is 28.6 Å². The predicted molar refractivity (Wildman–Crippen MR) is 339 cm³/mol. The number of carbonyl (C=O) groups is 3. The zero-order chi connectivity index (χ0) is 56.4. The van der Waals surface area contributed by atoms with Gasteiger partial charge < -0.3 is 14.2 Å². The summed E-state index contributed by atoms with van der Waals surface area (Å²) in [6, 6.07) is 0. The van der Waals surface area contributed by atoms with Crippen molar-refractivity contribution in [1.82, 2.24) is 0 Å². The molecule has 0 spiro atoms. The first-order valence-corrected chi connectivity index (χ1v) is 34.3. The van der Waals surface area contributed by atoms with E-state index in [0.717, 1.165) is 109 Å². The van der Waals surface area contributed by atoms with Crippen molar-refractivity contribution in [1.29, 1.82) is 0 Å². The molecule has 1 atom stereocenters. The van der Waals surface area contributed by atoms with Crippen LogP contribution in [0.4, 0.5) is 0 Å². The summed E-state index contributed by atoms with van der Waals surface area (Å²) in [7, 11) is 0. The molecule has 1 unspecified atom stereocenters. The van der Waals surface area contributed by atoms with Crippen LogP contribution in [0.15, 0.2) is 60.8 Å². The van der Waals surface area contributed by atoms with Crippen LogP contribution in [-0.4, -0.2) is 37.2 Å². The summed E-state index contributed by atoms with van der Waals surface area (Å²) in [5, 5.41) is 0. The minimum atomic E-state index is -0.793. The van der Waals surface area contributed by atoms with E-state index in [-0.39, 0.29) is 31.1 Å². The molecule has 0 rings (SSSR count). The zero-order valence-corrected chi connectivity index (χ0v) is 52.2. The Morgan fingerprint density at radius 2 is 0.513 bits per heavy atom. The summed E-state index contributed by atoms with van der Waals surface area (Å²) in [6.07, 6.45) is 85.6. The monoisotopic (exact) mass is 1090 g/mol. The van der Waals surface area contributed by atoms with Crippen molar-refractivity contribution in [2.75, 3.05) is 13.2 Å². The van der Waals surface area contributed by atoms with Crippen LogP contribution >= 0.6 is 0 Å². The van der Waals surface area contributed by atoms with Gasteiger partial charge in [-0.05, 0) is 77.0 Å². The van der Waals surface area contributed by atoms with Crippen LogP contribution < -0.4 is 0 Å². The van der Waals surface area contributed by atoms with Crippen LogP contribution in [0, 0.1) is 0 Å². The van der Waals surface area contributed by atoms with Crippen LogP contribution in [0.25, 0.3) is 0 Å². The molecule has 0 bridgehead atoms. The maximum Gasteiger partial charge on any atom is 0.306 e. The van der Waals surface area contributed by atoms with Crippen LogP contribution in [0.5, 0.6) is 0 Å². The average molecular weight is 1090 g/mol. The highest BCUT2D eigenvalue weighted by Gasteiger charge is 2.19. The second kappa shape index (κ2) is 66.6. The minimum Gasteiger partial charge on any atom is -0.462 e. The minimum absolute atomic E-state index is 0.0868. The summed E-state index contributed by atoms with van der Waals surface area (Å²) < 4.78 is 16.9. The fraction of sp³-hybridized carbons (Fsp3) is 0.819. The highest BCUT2D eigenvalue weighted by atomic mass is 16.6. The summed E-state index contributed by atoms with van der Waals surface area (Å²) >= 11 is 0. The average Bonchev–Trinajstić information content (AvgIpc) is 3.44. The predicted octanol–water partition coefficient (Wildman–Crippen LogP) is 23.5. The summed E-state index contributed by atoms with van der Waals surface area (Å²) in [5.41, 5.74) is 0. The van der Waals surface area contributed by atoms with Gasteiger partial charge in [0.05, 0.1) is 0 Å². The molecule has 6 heteroatoms. The Bertz CT molecular complexity index is 1390. The maximum absolute atomic E-state index is 12.9. The number of carbonyl (C=O) groups excluding carboxylic acids is 3. The SMILES string of the molecule is CC/C=C\C/C=C\C/C=C\CCCCCC(=O)OCC(COC(=O)CCCCCCCCCCCCCCCCCCCCCCCCCCCCCCCCCCC)OC(=O)CCCCCCC/C=C\C/C=C\CCCC. The highest BCUT2D eigenvalue weighted by molar-refractivity contribution is 5.71. The van der Waals surface area contributed by atoms with E-state index in [4.69, 9.17) is 14.2 Å². The zero-order valence-electron chi connectivity index (χ0n) is 52.2. The molecule has 0 aliphatic heterocycles. The van der Waals surface area contributed by atoms with Gasteiger partial charge in [-0.2, -0.15) is 0 Å². The van der Waals surface area contributed by atoms with E-state index < -0.39 is 6.10 Å². The Morgan fingerprint density at radius 1 is 0.269 bits per heavy atom. The second-order valence-corrected chi connectivity index (χ2v) is 23.1. The second-order valence-electron chi connectivity index (χ2n) is 23.1. The fourth-order valence-corrected chi connectivity index (χ4v) is 10.1. The molecular formula is C72H130O6. The Hall–Kier alpha value is -2.89. The van der Waals surface area contributed by atoms with Crippen molar-refractivity contribution >= 4 is 17.9 Å². The van der Waals surface area contributed by atoms with E-state index in [2.05, 4.69) is 81.5 Å². The molecule has 0 aliphatic rings. The molecule has 0 saturated heterocycles. The first-order valence-electron chi connectivity index (χ1n) is 34.3. The van der Waals surface area contributed by atoms with Crippen molar-refractivity contribution in [3.05, 3.63) is 60.8 Å². The molecule has 0 fully saturated rings. The molecule has 0 aromatic carbocycles. The van der Waals surface area contributed by atoms with E-state index in [1.165, 1.54) is 212 Å². The third kappa shape index (κ3) is 63.9. The topological polar surface area (TPSA) is 78.9 Å². The van der Waals surface area contributed by atoms with Crippen molar-refractivity contribution in [2.45, 2.75) is 367 Å². The van der Waals surface area contributed by atoms with E-state index in [9.17, 15) is 14.4 Å². The normalized spacial score (nSPS) is 12.4. The molecule has 78 heavy (non-hydrogen) atoms. The molecular weight excluding hydrogens is 961 g/mol. The Morgan fingerprint density at radius 3 is 0.833 bits per heavy atom. The van der Waals surface area contributed by atoms with Crippen molar-refractivity contribution in [2.24, 2.45) is 0 Å². The van der Waals surface area contributed by atoms with E-state index >= 15 is 0 Å². The molecule has 0 amide bonds. The third-order valence-electron chi connectivity index (χ3n) is 15.3. The largest absolute Gasteiger partial charge is 0.462 e. The van der Waals surface area contributed by atoms with Crippen LogP contribution in [0.1, 0.15) is 361 Å². The number of hydrogen-bond acceptors (Lipinski definition) is 6. The van der Waals surface area contributed by atoms with Gasteiger partial charge in [-0.15, -0.1) is 0 Å². The van der Waals surface area contributed by atoms with E-state index in [1.807, 2.05) is 0 Å². The number of ether oxygens (including phenoxy) is 3. The lowest BCUT2D eigenvalue weighted by Gasteiger charge is -2.18. The Kier molecular flexibility index (Phi) is 64.2. The fourth-order valence-electron chi connectivity index (χ4n) is 10.1. The van der Waals surface area contributed by atoms with Crippen molar-refractivity contribution in [3.63, 3.8) is 0 Å².